The van der Waals surface area contributed by atoms with Crippen molar-refractivity contribution in [3.05, 3.63) is 35.9 Å². The molecule has 1 aromatic rings. The number of carbonyl (C=O) groups excluding carboxylic acids is 3. The lowest BCUT2D eigenvalue weighted by Crippen LogP contribution is -2.56. The van der Waals surface area contributed by atoms with Gasteiger partial charge in [0.1, 0.15) is 11.3 Å². The highest BCUT2D eigenvalue weighted by atomic mass is 16.5. The SMILES string of the molecule is COc1ccc(/C=C/C(=O)N2CCC([C@@]3(CCC(C)C)NC(=O)N(CCN(C)C)C3=O)CC2)cc1. The molecule has 1 N–H and O–H groups in total. The zero-order chi connectivity index (χ0) is 25.6. The number of benzene rings is 1. The Balaban J connectivity index is 1.66. The fourth-order valence-corrected chi connectivity index (χ4v) is 4.90. The van der Waals surface area contributed by atoms with E-state index in [0.29, 0.717) is 51.4 Å². The van der Waals surface area contributed by atoms with E-state index in [2.05, 4.69) is 19.2 Å². The molecule has 0 unspecified atom stereocenters. The van der Waals surface area contributed by atoms with Crippen LogP contribution in [0.1, 0.15) is 45.1 Å². The van der Waals surface area contributed by atoms with Crippen LogP contribution < -0.4 is 10.1 Å². The van der Waals surface area contributed by atoms with Crippen molar-refractivity contribution < 1.29 is 19.1 Å². The number of rotatable bonds is 10. The molecular weight excluding hydrogens is 444 g/mol. The molecular formula is C27H40N4O4. The molecule has 192 valence electrons. The minimum absolute atomic E-state index is 0.0108. The number of urea groups is 1. The first-order valence-electron chi connectivity index (χ1n) is 12.6. The summed E-state index contributed by atoms with van der Waals surface area (Å²) < 4.78 is 5.17. The molecule has 2 aliphatic heterocycles. The Kier molecular flexibility index (Phi) is 8.94. The number of carbonyl (C=O) groups is 3. The van der Waals surface area contributed by atoms with Gasteiger partial charge in [-0.05, 0) is 75.4 Å². The number of amides is 4. The molecule has 1 atom stereocenters. The highest BCUT2D eigenvalue weighted by Crippen LogP contribution is 2.38. The van der Waals surface area contributed by atoms with Crippen LogP contribution in [-0.2, 0) is 9.59 Å². The number of hydrogen-bond acceptors (Lipinski definition) is 5. The standard InChI is InChI=1S/C27H40N4O4/c1-20(2)12-15-27(25(33)31(26(34)28-27)19-18-29(3)4)22-13-16-30(17-14-22)24(32)11-8-21-6-9-23(35-5)10-7-21/h6-11,20,22H,12-19H2,1-5H3,(H,28,34)/b11-8+/t27-/m1/s1. The molecule has 35 heavy (non-hydrogen) atoms. The molecule has 0 spiro atoms. The molecule has 0 saturated carbocycles. The normalized spacial score (nSPS) is 21.5. The summed E-state index contributed by atoms with van der Waals surface area (Å²) in [6.45, 7) is 6.42. The molecule has 3 rings (SSSR count). The van der Waals surface area contributed by atoms with E-state index < -0.39 is 5.54 Å². The number of likely N-dealkylation sites (N-methyl/N-ethyl adjacent to an activating group) is 1. The van der Waals surface area contributed by atoms with Crippen molar-refractivity contribution >= 4 is 23.9 Å². The van der Waals surface area contributed by atoms with Crippen LogP contribution in [0.5, 0.6) is 5.75 Å². The van der Waals surface area contributed by atoms with Gasteiger partial charge < -0.3 is 19.9 Å². The van der Waals surface area contributed by atoms with Crippen molar-refractivity contribution in [3.8, 4) is 5.75 Å². The van der Waals surface area contributed by atoms with Crippen molar-refractivity contribution in [1.82, 2.24) is 20.0 Å². The number of nitrogens with zero attached hydrogens (tertiary/aromatic N) is 3. The predicted octanol–water partition coefficient (Wildman–Crippen LogP) is 3.24. The Bertz CT molecular complexity index is 920. The molecule has 4 amide bonds. The first-order chi connectivity index (χ1) is 16.7. The van der Waals surface area contributed by atoms with E-state index >= 15 is 0 Å². The Morgan fingerprint density at radius 2 is 1.86 bits per heavy atom. The molecule has 2 fully saturated rings. The van der Waals surface area contributed by atoms with Crippen LogP contribution in [0.4, 0.5) is 4.79 Å². The molecule has 0 radical (unpaired) electrons. The zero-order valence-corrected chi connectivity index (χ0v) is 21.8. The van der Waals surface area contributed by atoms with Crippen molar-refractivity contribution in [2.45, 2.75) is 45.1 Å². The molecule has 0 aromatic heterocycles. The Hall–Kier alpha value is -2.87. The summed E-state index contributed by atoms with van der Waals surface area (Å²) in [7, 11) is 5.48. The molecule has 8 nitrogen and oxygen atoms in total. The molecule has 2 heterocycles. The Morgan fingerprint density at radius 1 is 1.20 bits per heavy atom. The Morgan fingerprint density at radius 3 is 2.43 bits per heavy atom. The number of ether oxygens (including phenoxy) is 1. The average molecular weight is 485 g/mol. The first kappa shape index (κ1) is 26.7. The Labute approximate surface area is 209 Å². The lowest BCUT2D eigenvalue weighted by Gasteiger charge is -2.41. The van der Waals surface area contributed by atoms with Gasteiger partial charge in [-0.2, -0.15) is 0 Å². The largest absolute Gasteiger partial charge is 0.497 e. The van der Waals surface area contributed by atoms with Crippen molar-refractivity contribution in [3.63, 3.8) is 0 Å². The number of nitrogens with one attached hydrogen (secondary N) is 1. The monoisotopic (exact) mass is 484 g/mol. The number of piperidine rings is 1. The summed E-state index contributed by atoms with van der Waals surface area (Å²) in [6.07, 6.45) is 6.27. The molecule has 0 aliphatic carbocycles. The second-order valence-electron chi connectivity index (χ2n) is 10.3. The second kappa shape index (κ2) is 11.7. The van der Waals surface area contributed by atoms with E-state index in [1.165, 1.54) is 4.90 Å². The van der Waals surface area contributed by atoms with Gasteiger partial charge in [-0.3, -0.25) is 14.5 Å². The third kappa shape index (κ3) is 6.42. The maximum absolute atomic E-state index is 13.6. The van der Waals surface area contributed by atoms with E-state index in [1.54, 1.807) is 19.3 Å². The third-order valence-electron chi connectivity index (χ3n) is 7.13. The maximum atomic E-state index is 13.6. The smallest absolute Gasteiger partial charge is 0.325 e. The first-order valence-corrected chi connectivity index (χ1v) is 12.6. The van der Waals surface area contributed by atoms with E-state index in [1.807, 2.05) is 48.2 Å². The highest BCUT2D eigenvalue weighted by molar-refractivity contribution is 6.07. The van der Waals surface area contributed by atoms with Gasteiger partial charge in [0.2, 0.25) is 5.91 Å². The zero-order valence-electron chi connectivity index (χ0n) is 21.8. The minimum atomic E-state index is -0.873. The van der Waals surface area contributed by atoms with Gasteiger partial charge >= 0.3 is 6.03 Å². The summed E-state index contributed by atoms with van der Waals surface area (Å²) in [4.78, 5) is 44.4. The summed E-state index contributed by atoms with van der Waals surface area (Å²) >= 11 is 0. The average Bonchev–Trinajstić information content (AvgIpc) is 3.09. The van der Waals surface area contributed by atoms with Gasteiger partial charge in [-0.25, -0.2) is 4.79 Å². The van der Waals surface area contributed by atoms with Crippen LogP contribution in [0.25, 0.3) is 6.08 Å². The topological polar surface area (TPSA) is 82.2 Å². The van der Waals surface area contributed by atoms with E-state index in [4.69, 9.17) is 4.74 Å². The molecule has 0 bridgehead atoms. The lowest BCUT2D eigenvalue weighted by molar-refractivity contribution is -0.135. The fourth-order valence-electron chi connectivity index (χ4n) is 4.90. The van der Waals surface area contributed by atoms with Crippen LogP contribution >= 0.6 is 0 Å². The summed E-state index contributed by atoms with van der Waals surface area (Å²) in [6, 6.07) is 7.25. The van der Waals surface area contributed by atoms with Crippen molar-refractivity contribution in [2.24, 2.45) is 11.8 Å². The van der Waals surface area contributed by atoms with Crippen molar-refractivity contribution in [2.75, 3.05) is 47.4 Å². The quantitative estimate of drug-likeness (QED) is 0.407. The molecule has 8 heteroatoms. The number of hydrogen-bond donors (Lipinski definition) is 1. The predicted molar refractivity (Wildman–Crippen MR) is 137 cm³/mol. The van der Waals surface area contributed by atoms with Crippen LogP contribution in [0.2, 0.25) is 0 Å². The van der Waals surface area contributed by atoms with E-state index in [-0.39, 0.29) is 23.8 Å². The summed E-state index contributed by atoms with van der Waals surface area (Å²) in [5, 5.41) is 3.11. The van der Waals surface area contributed by atoms with Gasteiger partial charge in [0.05, 0.1) is 7.11 Å². The fraction of sp³-hybridized carbons (Fsp3) is 0.593. The van der Waals surface area contributed by atoms with Crippen LogP contribution in [0.3, 0.4) is 0 Å². The van der Waals surface area contributed by atoms with E-state index in [9.17, 15) is 14.4 Å². The molecule has 2 aliphatic rings. The minimum Gasteiger partial charge on any atom is -0.497 e. The second-order valence-corrected chi connectivity index (χ2v) is 10.3. The highest BCUT2D eigenvalue weighted by Gasteiger charge is 2.55. The summed E-state index contributed by atoms with van der Waals surface area (Å²) in [5.74, 6) is 1.07. The van der Waals surface area contributed by atoms with E-state index in [0.717, 1.165) is 17.7 Å². The molecule has 2 saturated heterocycles. The van der Waals surface area contributed by atoms with Crippen LogP contribution in [0, 0.1) is 11.8 Å². The lowest BCUT2D eigenvalue weighted by atomic mass is 9.74. The van der Waals surface area contributed by atoms with Gasteiger partial charge in [0, 0.05) is 32.3 Å². The van der Waals surface area contributed by atoms with Crippen LogP contribution in [-0.4, -0.2) is 85.5 Å². The molecule has 1 aromatic carbocycles. The van der Waals surface area contributed by atoms with Crippen molar-refractivity contribution in [1.29, 1.82) is 0 Å². The number of methoxy groups -OCH3 is 1. The van der Waals surface area contributed by atoms with Gasteiger partial charge in [0.25, 0.3) is 5.91 Å². The summed E-state index contributed by atoms with van der Waals surface area (Å²) in [5.41, 5.74) is 0.0561. The van der Waals surface area contributed by atoms with Gasteiger partial charge in [-0.1, -0.05) is 26.0 Å². The van der Waals surface area contributed by atoms with Gasteiger partial charge in [-0.15, -0.1) is 0 Å². The maximum Gasteiger partial charge on any atom is 0.325 e. The number of likely N-dealkylation sites (tertiary alicyclic amines) is 1. The number of imide groups is 1. The third-order valence-corrected chi connectivity index (χ3v) is 7.13. The van der Waals surface area contributed by atoms with Crippen LogP contribution in [0.15, 0.2) is 30.3 Å². The van der Waals surface area contributed by atoms with Gasteiger partial charge in [0.15, 0.2) is 0 Å².